The van der Waals surface area contributed by atoms with Gasteiger partial charge >= 0.3 is 0 Å². The summed E-state index contributed by atoms with van der Waals surface area (Å²) in [4.78, 5) is 12.7. The van der Waals surface area contributed by atoms with Gasteiger partial charge in [0.25, 0.3) is 15.9 Å². The predicted octanol–water partition coefficient (Wildman–Crippen LogP) is 5.09. The first-order chi connectivity index (χ1) is 16.7. The highest BCUT2D eigenvalue weighted by atomic mass is 35.5. The minimum atomic E-state index is -4.04. The van der Waals surface area contributed by atoms with Crippen LogP contribution < -0.4 is 14.5 Å². The first-order valence-electron chi connectivity index (χ1n) is 11.1. The van der Waals surface area contributed by atoms with Crippen molar-refractivity contribution in [2.75, 3.05) is 17.5 Å². The molecular weight excluding hydrogens is 486 g/mol. The van der Waals surface area contributed by atoms with E-state index < -0.39 is 22.5 Å². The second kappa shape index (κ2) is 11.9. The summed E-state index contributed by atoms with van der Waals surface area (Å²) in [6, 6.07) is 18.3. The molecule has 3 aromatic rings. The van der Waals surface area contributed by atoms with E-state index in [9.17, 15) is 13.2 Å². The Morgan fingerprint density at radius 3 is 2.34 bits per heavy atom. The van der Waals surface area contributed by atoms with Crippen LogP contribution in [0.2, 0.25) is 5.02 Å². The van der Waals surface area contributed by atoms with Crippen molar-refractivity contribution in [1.82, 2.24) is 5.43 Å². The molecule has 0 radical (unpaired) electrons. The van der Waals surface area contributed by atoms with Crippen LogP contribution in [0.5, 0.6) is 5.75 Å². The Bertz CT molecular complexity index is 1290. The second-order valence-electron chi connectivity index (χ2n) is 7.94. The normalized spacial score (nSPS) is 11.4. The summed E-state index contributed by atoms with van der Waals surface area (Å²) in [6.07, 6.45) is 2.40. The monoisotopic (exact) mass is 513 g/mol. The summed E-state index contributed by atoms with van der Waals surface area (Å²) in [5.74, 6) is 0.171. The van der Waals surface area contributed by atoms with Crippen LogP contribution in [0.4, 0.5) is 5.69 Å². The van der Waals surface area contributed by atoms with Gasteiger partial charge in [-0.2, -0.15) is 5.10 Å². The number of sulfonamides is 1. The highest BCUT2D eigenvalue weighted by Crippen LogP contribution is 2.26. The maximum Gasteiger partial charge on any atom is 0.264 e. The third kappa shape index (κ3) is 7.07. The Morgan fingerprint density at radius 2 is 1.71 bits per heavy atom. The van der Waals surface area contributed by atoms with Crippen LogP contribution in [0.15, 0.2) is 76.7 Å². The lowest BCUT2D eigenvalue weighted by atomic mass is 10.1. The Hall–Kier alpha value is -3.36. The van der Waals surface area contributed by atoms with Gasteiger partial charge in [0.15, 0.2) is 0 Å². The fraction of sp³-hybridized carbons (Fsp3) is 0.231. The molecule has 0 saturated carbocycles. The second-order valence-corrected chi connectivity index (χ2v) is 10.2. The molecule has 0 bridgehead atoms. The van der Waals surface area contributed by atoms with Crippen molar-refractivity contribution >= 4 is 39.4 Å². The van der Waals surface area contributed by atoms with Gasteiger partial charge in [-0.25, -0.2) is 13.8 Å². The molecule has 7 nitrogen and oxygen atoms in total. The van der Waals surface area contributed by atoms with Crippen molar-refractivity contribution in [1.29, 1.82) is 0 Å². The Kier molecular flexibility index (Phi) is 8.89. The van der Waals surface area contributed by atoms with Crippen LogP contribution in [0.3, 0.4) is 0 Å². The molecular formula is C26H28ClN3O4S. The third-order valence-corrected chi connectivity index (χ3v) is 7.26. The maximum atomic E-state index is 13.4. The van der Waals surface area contributed by atoms with Crippen LogP contribution in [0.25, 0.3) is 0 Å². The number of hydrazone groups is 1. The number of hydrogen-bond donors (Lipinski definition) is 1. The zero-order valence-electron chi connectivity index (χ0n) is 19.9. The lowest BCUT2D eigenvalue weighted by molar-refractivity contribution is -0.119. The number of hydrogen-bond acceptors (Lipinski definition) is 5. The minimum absolute atomic E-state index is 0.0295. The van der Waals surface area contributed by atoms with Gasteiger partial charge in [-0.05, 0) is 97.6 Å². The third-order valence-electron chi connectivity index (χ3n) is 5.22. The van der Waals surface area contributed by atoms with Gasteiger partial charge in [-0.3, -0.25) is 9.10 Å². The molecule has 35 heavy (non-hydrogen) atoms. The van der Waals surface area contributed by atoms with E-state index in [1.165, 1.54) is 30.5 Å². The van der Waals surface area contributed by atoms with Crippen molar-refractivity contribution in [2.45, 2.75) is 32.1 Å². The van der Waals surface area contributed by atoms with Gasteiger partial charge in [-0.15, -0.1) is 0 Å². The maximum absolute atomic E-state index is 13.4. The number of benzene rings is 3. The van der Waals surface area contributed by atoms with Crippen LogP contribution >= 0.6 is 11.6 Å². The summed E-state index contributed by atoms with van der Waals surface area (Å²) in [7, 11) is -4.04. The zero-order valence-corrected chi connectivity index (χ0v) is 21.4. The van der Waals surface area contributed by atoms with E-state index in [0.717, 1.165) is 33.2 Å². The quantitative estimate of drug-likeness (QED) is 0.302. The van der Waals surface area contributed by atoms with E-state index in [-0.39, 0.29) is 4.90 Å². The van der Waals surface area contributed by atoms with Gasteiger partial charge in [0.1, 0.15) is 12.3 Å². The van der Waals surface area contributed by atoms with Gasteiger partial charge in [-0.1, -0.05) is 24.6 Å². The van der Waals surface area contributed by atoms with Gasteiger partial charge in [0, 0.05) is 5.02 Å². The highest BCUT2D eigenvalue weighted by Gasteiger charge is 2.27. The molecule has 0 heterocycles. The van der Waals surface area contributed by atoms with E-state index in [1.807, 2.05) is 51.1 Å². The molecule has 9 heteroatoms. The first kappa shape index (κ1) is 26.2. The zero-order chi connectivity index (χ0) is 25.4. The number of aryl methyl sites for hydroxylation is 2. The molecule has 0 spiro atoms. The molecule has 0 aliphatic carbocycles. The Labute approximate surface area is 211 Å². The number of ether oxygens (including phenoxy) is 1. The number of carbonyl (C=O) groups is 1. The molecule has 0 fully saturated rings. The van der Waals surface area contributed by atoms with Crippen LogP contribution in [0.1, 0.15) is 30.0 Å². The van der Waals surface area contributed by atoms with Crippen LogP contribution in [-0.4, -0.2) is 33.7 Å². The van der Waals surface area contributed by atoms with Crippen molar-refractivity contribution in [3.63, 3.8) is 0 Å². The lowest BCUT2D eigenvalue weighted by Gasteiger charge is -2.24. The van der Waals surface area contributed by atoms with E-state index in [2.05, 4.69) is 10.5 Å². The van der Waals surface area contributed by atoms with E-state index in [0.29, 0.717) is 17.3 Å². The Balaban J connectivity index is 1.78. The van der Waals surface area contributed by atoms with Crippen molar-refractivity contribution < 1.29 is 17.9 Å². The largest absolute Gasteiger partial charge is 0.494 e. The molecule has 0 atom stereocenters. The van der Waals surface area contributed by atoms with Gasteiger partial charge < -0.3 is 4.74 Å². The van der Waals surface area contributed by atoms with E-state index in [1.54, 1.807) is 12.1 Å². The van der Waals surface area contributed by atoms with E-state index >= 15 is 0 Å². The summed E-state index contributed by atoms with van der Waals surface area (Å²) in [6.45, 7) is 6.04. The number of nitrogens with one attached hydrogen (secondary N) is 1. The lowest BCUT2D eigenvalue weighted by Crippen LogP contribution is -2.39. The fourth-order valence-electron chi connectivity index (χ4n) is 3.14. The Morgan fingerprint density at radius 1 is 1.03 bits per heavy atom. The standard InChI is InChI=1S/C26H28ClN3O4S/c1-4-15-34-24-11-6-21(7-12-24)17-28-29-26(31)18-30(23-10-5-19(2)20(3)16-23)35(32,33)25-13-8-22(27)9-14-25/h5-14,16-17H,4,15,18H2,1-3H3,(H,29,31)/b28-17-. The van der Waals surface area contributed by atoms with E-state index in [4.69, 9.17) is 16.3 Å². The molecule has 0 aliphatic rings. The predicted molar refractivity (Wildman–Crippen MR) is 140 cm³/mol. The smallest absolute Gasteiger partial charge is 0.264 e. The minimum Gasteiger partial charge on any atom is -0.494 e. The number of carbonyl (C=O) groups excluding carboxylic acids is 1. The summed E-state index contributed by atoms with van der Waals surface area (Å²) in [5, 5.41) is 4.39. The molecule has 3 rings (SSSR count). The summed E-state index contributed by atoms with van der Waals surface area (Å²) in [5.41, 5.74) is 5.47. The number of rotatable bonds is 10. The molecule has 0 aromatic heterocycles. The van der Waals surface area contributed by atoms with Crippen molar-refractivity contribution in [3.05, 3.63) is 88.4 Å². The molecule has 184 valence electrons. The summed E-state index contributed by atoms with van der Waals surface area (Å²) < 4.78 is 33.5. The SMILES string of the molecule is CCCOc1ccc(/C=N\NC(=O)CN(c2ccc(C)c(C)c2)S(=O)(=O)c2ccc(Cl)cc2)cc1. The molecule has 0 saturated heterocycles. The molecule has 0 unspecified atom stereocenters. The molecule has 1 N–H and O–H groups in total. The molecule has 3 aromatic carbocycles. The molecule has 1 amide bonds. The highest BCUT2D eigenvalue weighted by molar-refractivity contribution is 7.92. The average molecular weight is 514 g/mol. The number of anilines is 1. The average Bonchev–Trinajstić information content (AvgIpc) is 2.84. The van der Waals surface area contributed by atoms with Crippen LogP contribution in [-0.2, 0) is 14.8 Å². The topological polar surface area (TPSA) is 88.1 Å². The number of nitrogens with zero attached hydrogens (tertiary/aromatic N) is 2. The number of halogens is 1. The van der Waals surface area contributed by atoms with Crippen LogP contribution in [0, 0.1) is 13.8 Å². The van der Waals surface area contributed by atoms with Gasteiger partial charge in [0.2, 0.25) is 0 Å². The van der Waals surface area contributed by atoms with Gasteiger partial charge in [0.05, 0.1) is 23.4 Å². The van der Waals surface area contributed by atoms with Crippen molar-refractivity contribution in [3.8, 4) is 5.75 Å². The first-order valence-corrected chi connectivity index (χ1v) is 12.9. The van der Waals surface area contributed by atoms with Crippen molar-refractivity contribution in [2.24, 2.45) is 5.10 Å². The number of amides is 1. The summed E-state index contributed by atoms with van der Waals surface area (Å²) >= 11 is 5.92. The molecule has 0 aliphatic heterocycles. The fourth-order valence-corrected chi connectivity index (χ4v) is 4.68.